The van der Waals surface area contributed by atoms with Crippen LogP contribution in [0.2, 0.25) is 19.6 Å². The maximum absolute atomic E-state index is 6.53. The fourth-order valence-corrected chi connectivity index (χ4v) is 12.7. The maximum Gasteiger partial charge on any atom is 0.216 e. The third-order valence-electron chi connectivity index (χ3n) is 14.3. The van der Waals surface area contributed by atoms with Gasteiger partial charge in [0, 0.05) is 49.3 Å². The molecular weight excluding hydrogens is 1000 g/mol. The van der Waals surface area contributed by atoms with Crippen LogP contribution in [0.25, 0.3) is 72.2 Å². The molecule has 9 aromatic rings. The van der Waals surface area contributed by atoms with Crippen molar-refractivity contribution in [1.82, 2.24) is 24.5 Å². The van der Waals surface area contributed by atoms with E-state index in [-0.39, 0.29) is 26.0 Å². The van der Waals surface area contributed by atoms with Crippen LogP contribution in [0.1, 0.15) is 107 Å². The van der Waals surface area contributed by atoms with Crippen molar-refractivity contribution in [1.29, 1.82) is 0 Å². The van der Waals surface area contributed by atoms with Crippen molar-refractivity contribution in [3.8, 4) is 28.3 Å². The SMILES string of the molecule is CC(C)c1ccc2c(n1)oc1c(-c3nc4cnccc4n3-c3c(C(C)C)cc4ccccc4c3C(C)C)[c-]ccc12.C[Si](C)(C)c1cnc(-c2[c-]cccc2)cc1CC1CC2CCC1C2.[Ir]. The number of aromatic nitrogens is 5. The second-order valence-electron chi connectivity index (χ2n) is 20.7. The molecule has 0 N–H and O–H groups in total. The van der Waals surface area contributed by atoms with Gasteiger partial charge in [-0.1, -0.05) is 114 Å². The molecule has 2 saturated carbocycles. The zero-order chi connectivity index (χ0) is 45.1. The van der Waals surface area contributed by atoms with Gasteiger partial charge in [0.15, 0.2) is 0 Å². The second kappa shape index (κ2) is 18.4. The molecule has 6 nitrogen and oxygen atoms in total. The summed E-state index contributed by atoms with van der Waals surface area (Å²) >= 11 is 0. The Morgan fingerprint density at radius 3 is 2.30 bits per heavy atom. The number of furan rings is 1. The van der Waals surface area contributed by atoms with Crippen LogP contribution in [0, 0.1) is 29.9 Å². The maximum atomic E-state index is 6.53. The minimum Gasteiger partial charge on any atom is -0.486 e. The summed E-state index contributed by atoms with van der Waals surface area (Å²) < 4.78 is 8.85. The number of imidazole rings is 1. The number of hydrogen-bond acceptors (Lipinski definition) is 5. The van der Waals surface area contributed by atoms with E-state index in [0.29, 0.717) is 17.5 Å². The van der Waals surface area contributed by atoms with Gasteiger partial charge in [-0.15, -0.1) is 54.1 Å². The Balaban J connectivity index is 0.000000187. The smallest absolute Gasteiger partial charge is 0.216 e. The van der Waals surface area contributed by atoms with Crippen molar-refractivity contribution in [2.75, 3.05) is 0 Å². The van der Waals surface area contributed by atoms with Gasteiger partial charge >= 0.3 is 0 Å². The first-order chi connectivity index (χ1) is 31.3. The molecule has 11 rings (SSSR count). The van der Waals surface area contributed by atoms with E-state index in [1.165, 1.54) is 59.7 Å². The molecule has 8 heteroatoms. The fourth-order valence-electron chi connectivity index (χ4n) is 11.1. The van der Waals surface area contributed by atoms with Crippen molar-refractivity contribution < 1.29 is 24.5 Å². The Bertz CT molecular complexity index is 3200. The molecule has 2 aliphatic rings. The summed E-state index contributed by atoms with van der Waals surface area (Å²) in [6.07, 6.45) is 13.1. The van der Waals surface area contributed by atoms with Gasteiger partial charge in [0.2, 0.25) is 5.71 Å². The van der Waals surface area contributed by atoms with Gasteiger partial charge in [-0.2, -0.15) is 0 Å². The Hall–Kier alpha value is -5.27. The number of hydrogen-bond donors (Lipinski definition) is 0. The summed E-state index contributed by atoms with van der Waals surface area (Å²) in [4.78, 5) is 19.3. The molecular formula is C58H61IrN5OSi-2. The van der Waals surface area contributed by atoms with E-state index in [4.69, 9.17) is 19.4 Å². The molecule has 0 aliphatic heterocycles. The van der Waals surface area contributed by atoms with Crippen LogP contribution < -0.4 is 5.19 Å². The second-order valence-corrected chi connectivity index (χ2v) is 25.8. The van der Waals surface area contributed by atoms with Crippen LogP contribution in [0.15, 0.2) is 114 Å². The molecule has 66 heavy (non-hydrogen) atoms. The largest absolute Gasteiger partial charge is 0.486 e. The van der Waals surface area contributed by atoms with Crippen LogP contribution in [-0.4, -0.2) is 32.6 Å². The van der Waals surface area contributed by atoms with Gasteiger partial charge in [0.05, 0.1) is 36.7 Å². The Kier molecular flexibility index (Phi) is 12.8. The minimum atomic E-state index is -1.37. The van der Waals surface area contributed by atoms with Gasteiger partial charge in [-0.05, 0) is 118 Å². The molecule has 2 bridgehead atoms. The van der Waals surface area contributed by atoms with E-state index in [1.807, 2.05) is 30.6 Å². The van der Waals surface area contributed by atoms with E-state index < -0.39 is 8.07 Å². The Morgan fingerprint density at radius 1 is 0.773 bits per heavy atom. The third-order valence-corrected chi connectivity index (χ3v) is 16.3. The molecule has 2 aliphatic carbocycles. The van der Waals surface area contributed by atoms with Crippen molar-refractivity contribution in [2.24, 2.45) is 17.8 Å². The van der Waals surface area contributed by atoms with Crippen LogP contribution in [0.3, 0.4) is 0 Å². The number of fused-ring (bicyclic) bond motifs is 7. The van der Waals surface area contributed by atoms with E-state index in [2.05, 4.69) is 162 Å². The van der Waals surface area contributed by atoms with Crippen LogP contribution in [-0.2, 0) is 26.5 Å². The molecule has 3 unspecified atom stereocenters. The van der Waals surface area contributed by atoms with Gasteiger partial charge < -0.3 is 14.0 Å². The molecule has 0 spiro atoms. The van der Waals surface area contributed by atoms with Crippen molar-refractivity contribution in [3.63, 3.8) is 0 Å². The normalized spacial score (nSPS) is 17.1. The average molecular weight is 1060 g/mol. The average Bonchev–Trinajstić information content (AvgIpc) is 4.10. The zero-order valence-electron chi connectivity index (χ0n) is 39.9. The summed E-state index contributed by atoms with van der Waals surface area (Å²) in [6.45, 7) is 20.7. The van der Waals surface area contributed by atoms with Crippen LogP contribution in [0.4, 0.5) is 0 Å². The number of pyridine rings is 3. The summed E-state index contributed by atoms with van der Waals surface area (Å²) in [7, 11) is -1.37. The third kappa shape index (κ3) is 8.50. The van der Waals surface area contributed by atoms with E-state index >= 15 is 0 Å². The van der Waals surface area contributed by atoms with Gasteiger partial charge in [-0.3, -0.25) is 9.97 Å². The molecule has 2 fully saturated rings. The van der Waals surface area contributed by atoms with E-state index in [1.54, 1.807) is 10.8 Å². The summed E-state index contributed by atoms with van der Waals surface area (Å²) in [6, 6.07) is 38.8. The predicted molar refractivity (Wildman–Crippen MR) is 272 cm³/mol. The molecule has 0 saturated heterocycles. The van der Waals surface area contributed by atoms with Crippen molar-refractivity contribution in [2.45, 2.75) is 111 Å². The van der Waals surface area contributed by atoms with E-state index in [0.717, 1.165) is 73.5 Å². The van der Waals surface area contributed by atoms with Crippen LogP contribution >= 0.6 is 0 Å². The van der Waals surface area contributed by atoms with Gasteiger partial charge in [0.1, 0.15) is 0 Å². The fraction of sp³-hybridized carbons (Fsp3) is 0.345. The molecule has 1 radical (unpaired) electrons. The summed E-state index contributed by atoms with van der Waals surface area (Å²) in [5.74, 6) is 4.61. The first-order valence-corrected chi connectivity index (χ1v) is 27.4. The number of benzene rings is 4. The molecule has 4 aromatic carbocycles. The van der Waals surface area contributed by atoms with Gasteiger partial charge in [-0.25, -0.2) is 4.98 Å². The zero-order valence-corrected chi connectivity index (χ0v) is 43.3. The first kappa shape index (κ1) is 45.9. The van der Waals surface area contributed by atoms with Crippen molar-refractivity contribution in [3.05, 3.63) is 144 Å². The topological polar surface area (TPSA) is 69.6 Å². The quantitative estimate of drug-likeness (QED) is 0.106. The van der Waals surface area contributed by atoms with Crippen molar-refractivity contribution >= 4 is 57.1 Å². The monoisotopic (exact) mass is 1060 g/mol. The van der Waals surface area contributed by atoms with E-state index in [9.17, 15) is 0 Å². The number of nitrogens with zero attached hydrogens (tertiary/aromatic N) is 5. The first-order valence-electron chi connectivity index (χ1n) is 23.9. The molecule has 0 amide bonds. The number of rotatable bonds is 9. The standard InChI is InChI=1S/C36H33N4O.C22H28NSi.Ir/c1-20(2)28-18-23-10-7-8-11-24(23)32(22(5)6)33(28)40-31-16-17-37-19-30(31)38-35(40)27-13-9-12-25-26-14-15-29(21(3)4)39-36(26)41-34(25)27;1-24(2,3)22-15-23-21(17-7-5-4-6-8-17)14-20(22)13-19-12-16-9-10-18(19)11-16;/h7-12,14-22H,1-6H3;4-7,14-16,18-19H,9-13H2,1-3H3;/q2*-1;. The van der Waals surface area contributed by atoms with Gasteiger partial charge in [0.25, 0.3) is 0 Å². The Labute approximate surface area is 405 Å². The molecule has 5 heterocycles. The molecule has 3 atom stereocenters. The molecule has 339 valence electrons. The molecule has 5 aromatic heterocycles. The van der Waals surface area contributed by atoms with Crippen LogP contribution in [0.5, 0.6) is 0 Å². The summed E-state index contributed by atoms with van der Waals surface area (Å²) in [5.41, 5.74) is 12.6. The minimum absolute atomic E-state index is 0. The Morgan fingerprint density at radius 2 is 1.59 bits per heavy atom. The predicted octanol–water partition coefficient (Wildman–Crippen LogP) is 14.8. The summed E-state index contributed by atoms with van der Waals surface area (Å²) in [5, 5.41) is 6.10.